The van der Waals surface area contributed by atoms with Crippen molar-refractivity contribution in [3.63, 3.8) is 0 Å². The Morgan fingerprint density at radius 2 is 1.97 bits per heavy atom. The highest BCUT2D eigenvalue weighted by Crippen LogP contribution is 2.65. The summed E-state index contributed by atoms with van der Waals surface area (Å²) in [6.45, 7) is -0.279. The largest absolute Gasteiger partial charge is 0.456 e. The van der Waals surface area contributed by atoms with Crippen molar-refractivity contribution >= 4 is 45.3 Å². The highest BCUT2D eigenvalue weighted by atomic mass is 79.9. The molecule has 0 radical (unpaired) electrons. The van der Waals surface area contributed by atoms with Crippen LogP contribution in [0.15, 0.2) is 29.2 Å². The molecule has 0 heterocycles. The van der Waals surface area contributed by atoms with Gasteiger partial charge in [-0.05, 0) is 67.9 Å². The molecular formula is C22H25BrN2O3S. The number of nitrogens with one attached hydrogen (secondary N) is 1. The highest BCUT2D eigenvalue weighted by molar-refractivity contribution is 9.10. The molecule has 5 nitrogen and oxygen atoms in total. The molecule has 4 atom stereocenters. The first-order chi connectivity index (χ1) is 13.9. The fraction of sp³-hybridized carbons (Fsp3) is 0.591. The molecule has 2 unspecified atom stereocenters. The Kier molecular flexibility index (Phi) is 5.94. The van der Waals surface area contributed by atoms with Crippen LogP contribution in [0.2, 0.25) is 0 Å². The average Bonchev–Trinajstić information content (AvgIpc) is 2.63. The van der Waals surface area contributed by atoms with Gasteiger partial charge in [-0.3, -0.25) is 9.59 Å². The van der Waals surface area contributed by atoms with Crippen molar-refractivity contribution in [1.29, 1.82) is 5.26 Å². The normalized spacial score (nSPS) is 31.9. The first kappa shape index (κ1) is 20.7. The SMILES string of the molecule is N#CCSc1ccccc1NC(=O)COC(=O)CC12C[C@@H]3C[C@@H](CC(Br)(C3)C1)C2. The van der Waals surface area contributed by atoms with Gasteiger partial charge in [0.15, 0.2) is 6.61 Å². The number of hydrogen-bond donors (Lipinski definition) is 1. The lowest BCUT2D eigenvalue weighted by molar-refractivity contribution is -0.153. The molecule has 4 aliphatic rings. The molecule has 4 aliphatic carbocycles. The maximum atomic E-state index is 12.5. The smallest absolute Gasteiger partial charge is 0.306 e. The lowest BCUT2D eigenvalue weighted by atomic mass is 9.49. The Morgan fingerprint density at radius 3 is 2.66 bits per heavy atom. The monoisotopic (exact) mass is 476 g/mol. The van der Waals surface area contributed by atoms with E-state index in [2.05, 4.69) is 27.3 Å². The Hall–Kier alpha value is -1.52. The van der Waals surface area contributed by atoms with Crippen LogP contribution in [-0.4, -0.2) is 28.6 Å². The van der Waals surface area contributed by atoms with Crippen LogP contribution < -0.4 is 5.32 Å². The number of ether oxygens (including phenoxy) is 1. The standard InChI is InChI=1S/C22H25BrN2O3S/c23-22-10-15-7-16(11-22)9-21(8-15,14-22)12-20(27)28-13-19(26)25-17-3-1-2-4-18(17)29-6-5-24/h1-4,15-16H,6-14H2,(H,25,26)/t15-,16+,21?,22?. The summed E-state index contributed by atoms with van der Waals surface area (Å²) in [4.78, 5) is 25.7. The second kappa shape index (κ2) is 8.31. The Labute approximate surface area is 184 Å². The molecule has 4 fully saturated rings. The number of esters is 1. The van der Waals surface area contributed by atoms with Crippen LogP contribution in [0.25, 0.3) is 0 Å². The summed E-state index contributed by atoms with van der Waals surface area (Å²) in [5.74, 6) is 1.11. The van der Waals surface area contributed by atoms with Gasteiger partial charge in [0.05, 0.1) is 23.9 Å². The van der Waals surface area contributed by atoms with Gasteiger partial charge in [0.25, 0.3) is 5.91 Å². The highest BCUT2D eigenvalue weighted by Gasteiger charge is 2.57. The molecule has 154 valence electrons. The third kappa shape index (κ3) is 4.80. The molecule has 1 N–H and O–H groups in total. The molecule has 1 amide bonds. The summed E-state index contributed by atoms with van der Waals surface area (Å²) < 4.78 is 5.55. The van der Waals surface area contributed by atoms with E-state index in [1.807, 2.05) is 18.2 Å². The summed E-state index contributed by atoms with van der Waals surface area (Å²) in [5, 5.41) is 11.5. The number of nitrogens with zero attached hydrogens (tertiary/aromatic N) is 1. The van der Waals surface area contributed by atoms with Gasteiger partial charge < -0.3 is 10.1 Å². The number of hydrogen-bond acceptors (Lipinski definition) is 5. The van der Waals surface area contributed by atoms with Crippen molar-refractivity contribution in [2.45, 2.75) is 54.2 Å². The Balaban J connectivity index is 1.29. The van der Waals surface area contributed by atoms with Crippen LogP contribution in [0.5, 0.6) is 0 Å². The van der Waals surface area contributed by atoms with Gasteiger partial charge in [0, 0.05) is 9.22 Å². The number of alkyl halides is 1. The topological polar surface area (TPSA) is 79.2 Å². The van der Waals surface area contributed by atoms with Gasteiger partial charge in [-0.2, -0.15) is 5.26 Å². The predicted molar refractivity (Wildman–Crippen MR) is 116 cm³/mol. The molecule has 0 aromatic heterocycles. The second-order valence-corrected chi connectivity index (χ2v) is 11.6. The van der Waals surface area contributed by atoms with Crippen molar-refractivity contribution in [3.8, 4) is 6.07 Å². The fourth-order valence-corrected chi connectivity index (χ4v) is 8.22. The molecule has 0 saturated heterocycles. The molecule has 1 aromatic carbocycles. The van der Waals surface area contributed by atoms with E-state index in [9.17, 15) is 9.59 Å². The molecule has 0 aliphatic heterocycles. The molecule has 29 heavy (non-hydrogen) atoms. The Bertz CT molecular complexity index is 839. The van der Waals surface area contributed by atoms with Gasteiger partial charge in [0.1, 0.15) is 0 Å². The van der Waals surface area contributed by atoms with Crippen LogP contribution in [-0.2, 0) is 14.3 Å². The van der Waals surface area contributed by atoms with Gasteiger partial charge in [-0.1, -0.05) is 28.1 Å². The lowest BCUT2D eigenvalue weighted by Gasteiger charge is -2.60. The zero-order valence-electron chi connectivity index (χ0n) is 16.3. The van der Waals surface area contributed by atoms with Crippen LogP contribution in [0.4, 0.5) is 5.69 Å². The zero-order chi connectivity index (χ0) is 20.5. The van der Waals surface area contributed by atoms with E-state index < -0.39 is 0 Å². The van der Waals surface area contributed by atoms with E-state index in [4.69, 9.17) is 10.00 Å². The molecule has 4 saturated carbocycles. The van der Waals surface area contributed by atoms with Crippen LogP contribution in [0, 0.1) is 28.6 Å². The zero-order valence-corrected chi connectivity index (χ0v) is 18.7. The summed E-state index contributed by atoms with van der Waals surface area (Å²) in [5.41, 5.74) is 0.679. The van der Waals surface area contributed by atoms with Crippen molar-refractivity contribution < 1.29 is 14.3 Å². The number of para-hydroxylation sites is 1. The summed E-state index contributed by atoms with van der Waals surface area (Å²) in [6.07, 6.45) is 7.43. The third-order valence-corrected chi connectivity index (χ3v) is 8.32. The number of anilines is 1. The first-order valence-corrected chi connectivity index (χ1v) is 11.9. The van der Waals surface area contributed by atoms with Crippen molar-refractivity contribution in [3.05, 3.63) is 24.3 Å². The summed E-state index contributed by atoms with van der Waals surface area (Å²) >= 11 is 5.33. The number of rotatable bonds is 7. The van der Waals surface area contributed by atoms with Crippen molar-refractivity contribution in [1.82, 2.24) is 0 Å². The van der Waals surface area contributed by atoms with E-state index in [1.165, 1.54) is 31.0 Å². The molecule has 5 rings (SSSR count). The fourth-order valence-electron chi connectivity index (χ4n) is 6.04. The Morgan fingerprint density at radius 1 is 1.24 bits per heavy atom. The number of halogens is 1. The average molecular weight is 477 g/mol. The van der Waals surface area contributed by atoms with E-state index >= 15 is 0 Å². The van der Waals surface area contributed by atoms with E-state index in [0.29, 0.717) is 29.7 Å². The second-order valence-electron chi connectivity index (χ2n) is 8.94. The minimum atomic E-state index is -0.356. The van der Waals surface area contributed by atoms with Crippen LogP contribution in [0.3, 0.4) is 0 Å². The molecule has 1 aromatic rings. The van der Waals surface area contributed by atoms with Gasteiger partial charge >= 0.3 is 5.97 Å². The lowest BCUT2D eigenvalue weighted by Crippen LogP contribution is -2.53. The number of amides is 1. The number of carbonyl (C=O) groups is 2. The minimum absolute atomic E-state index is 0.0433. The van der Waals surface area contributed by atoms with E-state index in [0.717, 1.165) is 24.2 Å². The van der Waals surface area contributed by atoms with Crippen LogP contribution in [0.1, 0.15) is 44.9 Å². The maximum Gasteiger partial charge on any atom is 0.306 e. The minimum Gasteiger partial charge on any atom is -0.456 e. The first-order valence-electron chi connectivity index (χ1n) is 10.1. The van der Waals surface area contributed by atoms with Gasteiger partial charge in [-0.25, -0.2) is 0 Å². The summed E-state index contributed by atoms with van der Waals surface area (Å²) in [7, 11) is 0. The van der Waals surface area contributed by atoms with E-state index in [-0.39, 0.29) is 28.2 Å². The van der Waals surface area contributed by atoms with E-state index in [1.54, 1.807) is 6.07 Å². The predicted octanol–water partition coefficient (Wildman–Crippen LogP) is 4.91. The molecular weight excluding hydrogens is 452 g/mol. The van der Waals surface area contributed by atoms with Gasteiger partial charge in [-0.15, -0.1) is 11.8 Å². The third-order valence-electron chi connectivity index (χ3n) is 6.45. The van der Waals surface area contributed by atoms with Gasteiger partial charge in [0.2, 0.25) is 0 Å². The quantitative estimate of drug-likeness (QED) is 0.343. The molecule has 0 spiro atoms. The maximum absolute atomic E-state index is 12.5. The number of carbonyl (C=O) groups excluding carboxylic acids is 2. The van der Waals surface area contributed by atoms with Crippen molar-refractivity contribution in [2.24, 2.45) is 17.3 Å². The number of nitriles is 1. The molecule has 7 heteroatoms. The van der Waals surface area contributed by atoms with Crippen molar-refractivity contribution in [2.75, 3.05) is 17.7 Å². The number of thioether (sulfide) groups is 1. The summed E-state index contributed by atoms with van der Waals surface area (Å²) in [6, 6.07) is 9.39. The van der Waals surface area contributed by atoms with Crippen LogP contribution >= 0.6 is 27.7 Å². The number of benzene rings is 1. The molecule has 4 bridgehead atoms.